The lowest BCUT2D eigenvalue weighted by molar-refractivity contribution is -0.141. The van der Waals surface area contributed by atoms with Crippen LogP contribution in [0, 0.1) is 0 Å². The molecule has 0 spiro atoms. The summed E-state index contributed by atoms with van der Waals surface area (Å²) in [6.07, 6.45) is -0.885. The number of Topliss-reactive ketones (excluding diaryl/α,β-unsaturated/α-hetero) is 1. The van der Waals surface area contributed by atoms with Gasteiger partial charge in [0, 0.05) is 106 Å². The molecule has 3 saturated heterocycles. The predicted molar refractivity (Wildman–Crippen MR) is 286 cm³/mol. The fraction of sp³-hybridized carbons (Fsp3) is 0.644. The van der Waals surface area contributed by atoms with Gasteiger partial charge in [0.15, 0.2) is 5.78 Å². The summed E-state index contributed by atoms with van der Waals surface area (Å²) >= 11 is 3.29. The average Bonchev–Trinajstić information content (AvgIpc) is 3.55. The Morgan fingerprint density at radius 3 is 1.14 bits per heavy atom. The summed E-state index contributed by atoms with van der Waals surface area (Å²) in [7, 11) is 0. The quantitative estimate of drug-likeness (QED) is 0.116. The van der Waals surface area contributed by atoms with Gasteiger partial charge >= 0.3 is 5.97 Å². The van der Waals surface area contributed by atoms with E-state index in [1.165, 1.54) is 26.5 Å². The zero-order valence-electron chi connectivity index (χ0n) is 43.7. The SMILES string of the molecule is N[C@H]1CSCCC(=O)N2CCN3CCN(CC2)C(=O)CCSC[C@H](NC(=O)CNC(=O)CNC(=O)CNC(=O)CCC(=O)CNC1=O)C(=O)NCC(=O)NCC(=O)NCC(=O)NCC(=O)NCC(=O)N[C@H](C(=O)O)CSCCC3=O. The van der Waals surface area contributed by atoms with E-state index in [9.17, 15) is 81.8 Å². The van der Waals surface area contributed by atoms with Gasteiger partial charge in [0.2, 0.25) is 82.7 Å². The van der Waals surface area contributed by atoms with Gasteiger partial charge in [0.1, 0.15) is 12.1 Å². The number of nitrogens with two attached hydrogens (primary N) is 1. The monoisotopic (exact) mass is 1190 g/mol. The van der Waals surface area contributed by atoms with Gasteiger partial charge in [-0.25, -0.2) is 4.79 Å². The van der Waals surface area contributed by atoms with Crippen molar-refractivity contribution in [2.24, 2.45) is 5.73 Å². The molecule has 0 aliphatic carbocycles. The lowest BCUT2D eigenvalue weighted by Gasteiger charge is -2.26. The molecule has 3 fully saturated rings. The Labute approximate surface area is 471 Å². The van der Waals surface area contributed by atoms with Crippen molar-refractivity contribution < 1.29 is 81.8 Å². The van der Waals surface area contributed by atoms with Gasteiger partial charge in [-0.15, -0.1) is 0 Å². The Morgan fingerprint density at radius 2 is 0.725 bits per heavy atom. The molecule has 3 aliphatic rings. The Bertz CT molecular complexity index is 2300. The van der Waals surface area contributed by atoms with Gasteiger partial charge in [-0.2, -0.15) is 35.3 Å². The van der Waals surface area contributed by atoms with Crippen molar-refractivity contribution in [1.29, 1.82) is 0 Å². The third-order valence-electron chi connectivity index (χ3n) is 11.5. The molecule has 0 unspecified atom stereocenters. The highest BCUT2D eigenvalue weighted by molar-refractivity contribution is 7.99. The first-order valence-corrected chi connectivity index (χ1v) is 28.6. The number of hydrogen-bond donors (Lipinski definition) is 13. The van der Waals surface area contributed by atoms with Crippen LogP contribution in [0.4, 0.5) is 0 Å². The second-order valence-electron chi connectivity index (χ2n) is 17.7. The van der Waals surface area contributed by atoms with E-state index in [1.54, 1.807) is 0 Å². The van der Waals surface area contributed by atoms with Gasteiger partial charge in [0.05, 0.1) is 64.9 Å². The normalized spacial score (nSPS) is 23.7. The summed E-state index contributed by atoms with van der Waals surface area (Å²) < 4.78 is 0. The molecule has 14 amide bonds. The summed E-state index contributed by atoms with van der Waals surface area (Å²) in [5.41, 5.74) is 6.03. The number of amides is 14. The Balaban J connectivity index is 1.87. The van der Waals surface area contributed by atoms with E-state index in [0.717, 1.165) is 23.5 Å². The number of nitrogens with zero attached hydrogens (tertiary/aromatic N) is 3. The zero-order chi connectivity index (χ0) is 59.0. The zero-order valence-corrected chi connectivity index (χ0v) is 46.2. The van der Waals surface area contributed by atoms with Gasteiger partial charge in [-0.1, -0.05) is 0 Å². The Kier molecular flexibility index (Phi) is 30.8. The number of carboxylic acid groups (broad SMARTS) is 1. The molecule has 0 aromatic heterocycles. The molecule has 0 aromatic carbocycles. The fourth-order valence-corrected chi connectivity index (χ4v) is 9.76. The highest BCUT2D eigenvalue weighted by atomic mass is 32.2. The van der Waals surface area contributed by atoms with Crippen molar-refractivity contribution in [1.82, 2.24) is 73.2 Å². The lowest BCUT2D eigenvalue weighted by atomic mass is 10.2. The van der Waals surface area contributed by atoms with E-state index in [-0.39, 0.29) is 118 Å². The van der Waals surface area contributed by atoms with Crippen molar-refractivity contribution in [3.05, 3.63) is 0 Å². The van der Waals surface area contributed by atoms with Crippen molar-refractivity contribution in [3.8, 4) is 0 Å². The smallest absolute Gasteiger partial charge is 0.327 e. The second kappa shape index (κ2) is 36.8. The molecule has 3 aliphatic heterocycles. The van der Waals surface area contributed by atoms with Crippen LogP contribution < -0.4 is 64.2 Å². The van der Waals surface area contributed by atoms with E-state index in [4.69, 9.17) is 5.73 Å². The molecular weight excluding hydrogens is 1120 g/mol. The maximum absolute atomic E-state index is 13.9. The first-order chi connectivity index (χ1) is 38.1. The first-order valence-electron chi connectivity index (χ1n) is 25.2. The summed E-state index contributed by atoms with van der Waals surface area (Å²) in [5, 5.41) is 34.9. The summed E-state index contributed by atoms with van der Waals surface area (Å²) in [4.78, 5) is 209. The van der Waals surface area contributed by atoms with Gasteiger partial charge in [-0.05, 0) is 0 Å². The van der Waals surface area contributed by atoms with Crippen LogP contribution in [0.3, 0.4) is 0 Å². The number of fused-ring (bicyclic) bond motifs is 9. The van der Waals surface area contributed by atoms with Crippen molar-refractivity contribution in [3.63, 3.8) is 0 Å². The topological polar surface area (TPSA) is 461 Å². The maximum Gasteiger partial charge on any atom is 0.327 e. The molecule has 0 saturated carbocycles. The molecule has 444 valence electrons. The Morgan fingerprint density at radius 1 is 0.388 bits per heavy atom. The van der Waals surface area contributed by atoms with Crippen molar-refractivity contribution in [2.45, 2.75) is 50.2 Å². The largest absolute Gasteiger partial charge is 0.480 e. The third kappa shape index (κ3) is 28.0. The molecule has 35 heteroatoms. The van der Waals surface area contributed by atoms with E-state index in [0.29, 0.717) is 0 Å². The number of thioether (sulfide) groups is 3. The molecule has 80 heavy (non-hydrogen) atoms. The minimum Gasteiger partial charge on any atom is -0.480 e. The minimum absolute atomic E-state index is 0.0261. The third-order valence-corrected chi connectivity index (χ3v) is 14.7. The average molecular weight is 1190 g/mol. The first kappa shape index (κ1) is 67.0. The number of nitrogens with one attached hydrogen (secondary N) is 11. The molecule has 4 bridgehead atoms. The number of rotatable bonds is 1. The van der Waals surface area contributed by atoms with Crippen LogP contribution >= 0.6 is 35.3 Å². The van der Waals surface area contributed by atoms with E-state index < -0.39 is 160 Å². The van der Waals surface area contributed by atoms with Crippen LogP contribution in [0.1, 0.15) is 32.1 Å². The van der Waals surface area contributed by atoms with Crippen molar-refractivity contribution in [2.75, 3.05) is 133 Å². The maximum atomic E-state index is 13.9. The number of carbonyl (C=O) groups excluding carboxylic acids is 15. The summed E-state index contributed by atoms with van der Waals surface area (Å²) in [6.45, 7) is -5.31. The number of ketones is 1. The highest BCUT2D eigenvalue weighted by Gasteiger charge is 2.28. The van der Waals surface area contributed by atoms with Crippen LogP contribution in [0.25, 0.3) is 0 Å². The van der Waals surface area contributed by atoms with Crippen LogP contribution in [0.5, 0.6) is 0 Å². The predicted octanol–water partition coefficient (Wildman–Crippen LogP) is -9.34. The minimum atomic E-state index is -1.43. The van der Waals surface area contributed by atoms with Crippen LogP contribution in [0.2, 0.25) is 0 Å². The molecule has 3 rings (SSSR count). The van der Waals surface area contributed by atoms with E-state index >= 15 is 0 Å². The molecule has 3 heterocycles. The van der Waals surface area contributed by atoms with Gasteiger partial charge < -0.3 is 84.0 Å². The van der Waals surface area contributed by atoms with E-state index in [1.807, 2.05) is 0 Å². The summed E-state index contributed by atoms with van der Waals surface area (Å²) in [5.74, 6) is -12.0. The molecule has 14 N–H and O–H groups in total. The molecule has 0 radical (unpaired) electrons. The standard InChI is InChI=1S/C45H69N15O17S3/c46-28-24-78-12-3-40(71)58-6-8-59-10-11-60(9-7-58)42(73)5-14-80-26-30(45(76)77)57-39(70)23-53-36(67)20-50-33(64)17-49-34(65)18-51-37(68)21-55-44(75)29(25-79-13-4-41(59)72)56-38(69)22-52-35(66)19-48-32(63)16-47-31(62)2-1-27(61)15-54-43(28)74/h28-30H,1-26,46H2,(H,47,62)(H,48,63)(H,49,65)(H,50,64)(H,51,68)(H,52,66)(H,53,67)(H,54,74)(H,55,75)(H,56,69)(H,57,70)(H,76,77)/t28-,29-,30-/m0/s1. The lowest BCUT2D eigenvalue weighted by Crippen LogP contribution is -2.53. The molecule has 32 nitrogen and oxygen atoms in total. The van der Waals surface area contributed by atoms with Crippen LogP contribution in [-0.4, -0.2) is 265 Å². The second-order valence-corrected chi connectivity index (χ2v) is 21.2. The number of carbonyl (C=O) groups is 16. The van der Waals surface area contributed by atoms with Gasteiger partial charge in [-0.3, -0.25) is 71.9 Å². The van der Waals surface area contributed by atoms with Crippen LogP contribution in [0.15, 0.2) is 0 Å². The van der Waals surface area contributed by atoms with Crippen LogP contribution in [-0.2, 0) is 76.7 Å². The molecule has 0 aromatic rings. The van der Waals surface area contributed by atoms with Gasteiger partial charge in [0.25, 0.3) is 0 Å². The van der Waals surface area contributed by atoms with E-state index in [2.05, 4.69) is 58.5 Å². The number of carboxylic acids is 1. The number of aliphatic carboxylic acids is 1. The molecule has 3 atom stereocenters. The summed E-state index contributed by atoms with van der Waals surface area (Å²) in [6, 6.07) is -3.88. The number of hydrogen-bond acceptors (Lipinski definition) is 20. The highest BCUT2D eigenvalue weighted by Crippen LogP contribution is 2.13. The molecular formula is C45H69N15O17S3. The Hall–Kier alpha value is -7.27. The fourth-order valence-electron chi connectivity index (χ4n) is 6.96. The van der Waals surface area contributed by atoms with Crippen molar-refractivity contribution >= 4 is 130 Å².